The van der Waals surface area contributed by atoms with E-state index in [0.29, 0.717) is 36.3 Å². The van der Waals surface area contributed by atoms with Gasteiger partial charge in [0.15, 0.2) is 0 Å². The number of hydrogen-bond donors (Lipinski definition) is 3. The number of rotatable bonds is 10. The number of halogens is 1. The lowest BCUT2D eigenvalue weighted by Gasteiger charge is -2.37. The summed E-state index contributed by atoms with van der Waals surface area (Å²) in [5.41, 5.74) is 9.09. The van der Waals surface area contributed by atoms with E-state index in [4.69, 9.17) is 17.3 Å². The molecule has 10 nitrogen and oxygen atoms in total. The normalized spacial score (nSPS) is 18.9. The number of likely N-dealkylation sites (tertiary alicyclic amines) is 1. The van der Waals surface area contributed by atoms with E-state index in [0.717, 1.165) is 23.1 Å². The first kappa shape index (κ1) is 31.5. The van der Waals surface area contributed by atoms with E-state index in [1.54, 1.807) is 18.2 Å². The van der Waals surface area contributed by atoms with Crippen LogP contribution >= 0.6 is 11.6 Å². The number of nitrogens with one attached hydrogen (secondary N) is 2. The SMILES string of the molecule is Cc1cc(NC(=O)[C@H](CCN)NC(=O)[C@@H]2Cc3ccccc3CN2C(=O)CCC(=O)N2CC[C@H](N(C)C)C2)ccc1Cl. The van der Waals surface area contributed by atoms with Gasteiger partial charge >= 0.3 is 0 Å². The third-order valence-corrected chi connectivity index (χ3v) is 8.61. The van der Waals surface area contributed by atoms with Gasteiger partial charge in [-0.15, -0.1) is 0 Å². The molecule has 3 atom stereocenters. The average Bonchev–Trinajstić information content (AvgIpc) is 3.48. The molecule has 42 heavy (non-hydrogen) atoms. The van der Waals surface area contributed by atoms with Crippen molar-refractivity contribution >= 4 is 40.9 Å². The number of nitrogens with zero attached hydrogens (tertiary/aromatic N) is 3. The fourth-order valence-electron chi connectivity index (χ4n) is 5.58. The monoisotopic (exact) mass is 596 g/mol. The first-order chi connectivity index (χ1) is 20.1. The van der Waals surface area contributed by atoms with E-state index >= 15 is 0 Å². The molecule has 2 aliphatic heterocycles. The maximum atomic E-state index is 13.7. The van der Waals surface area contributed by atoms with Crippen LogP contribution in [0.4, 0.5) is 5.69 Å². The van der Waals surface area contributed by atoms with Gasteiger partial charge in [-0.2, -0.15) is 0 Å². The summed E-state index contributed by atoms with van der Waals surface area (Å²) in [6, 6.07) is 11.4. The van der Waals surface area contributed by atoms with Gasteiger partial charge in [0.25, 0.3) is 0 Å². The third kappa shape index (κ3) is 7.67. The maximum absolute atomic E-state index is 13.7. The number of carbonyl (C=O) groups is 4. The van der Waals surface area contributed by atoms with E-state index in [9.17, 15) is 19.2 Å². The molecular weight excluding hydrogens is 556 g/mol. The molecule has 2 heterocycles. The Balaban J connectivity index is 1.45. The zero-order valence-corrected chi connectivity index (χ0v) is 25.3. The zero-order chi connectivity index (χ0) is 30.4. The number of fused-ring (bicyclic) bond motifs is 1. The summed E-state index contributed by atoms with van der Waals surface area (Å²) in [5.74, 6) is -1.16. The Labute approximate surface area is 252 Å². The molecule has 1 saturated heterocycles. The molecule has 0 spiro atoms. The van der Waals surface area contributed by atoms with Crippen LogP contribution in [0.15, 0.2) is 42.5 Å². The van der Waals surface area contributed by atoms with Gasteiger partial charge in [-0.1, -0.05) is 35.9 Å². The number of likely N-dealkylation sites (N-methyl/N-ethyl adjacent to an activating group) is 1. The first-order valence-corrected chi connectivity index (χ1v) is 14.8. The summed E-state index contributed by atoms with van der Waals surface area (Å²) in [5, 5.41) is 6.26. The lowest BCUT2D eigenvalue weighted by atomic mass is 9.92. The molecule has 2 aliphatic rings. The maximum Gasteiger partial charge on any atom is 0.246 e. The summed E-state index contributed by atoms with van der Waals surface area (Å²) in [6.07, 6.45) is 1.54. The molecule has 2 aromatic rings. The fraction of sp³-hybridized carbons (Fsp3) is 0.484. The summed E-state index contributed by atoms with van der Waals surface area (Å²) in [7, 11) is 4.00. The Hall–Kier alpha value is -3.47. The van der Waals surface area contributed by atoms with Crippen LogP contribution in [-0.4, -0.2) is 90.2 Å². The highest BCUT2D eigenvalue weighted by atomic mass is 35.5. The van der Waals surface area contributed by atoms with Gasteiger partial charge in [0.05, 0.1) is 0 Å². The van der Waals surface area contributed by atoms with Crippen LogP contribution in [0.1, 0.15) is 42.4 Å². The molecule has 0 unspecified atom stereocenters. The van der Waals surface area contributed by atoms with Gasteiger partial charge < -0.3 is 31.1 Å². The molecule has 4 amide bonds. The van der Waals surface area contributed by atoms with Crippen molar-refractivity contribution in [1.82, 2.24) is 20.0 Å². The molecule has 4 N–H and O–H groups in total. The Morgan fingerprint density at radius 3 is 2.45 bits per heavy atom. The second-order valence-electron chi connectivity index (χ2n) is 11.3. The summed E-state index contributed by atoms with van der Waals surface area (Å²) >= 11 is 6.11. The van der Waals surface area contributed by atoms with E-state index < -0.39 is 23.9 Å². The number of benzene rings is 2. The number of anilines is 1. The molecular formula is C31H41ClN6O4. The Morgan fingerprint density at radius 2 is 1.79 bits per heavy atom. The fourth-order valence-corrected chi connectivity index (χ4v) is 5.70. The van der Waals surface area contributed by atoms with E-state index in [2.05, 4.69) is 15.5 Å². The third-order valence-electron chi connectivity index (χ3n) is 8.18. The van der Waals surface area contributed by atoms with Crippen LogP contribution in [0.3, 0.4) is 0 Å². The van der Waals surface area contributed by atoms with Gasteiger partial charge in [0.2, 0.25) is 23.6 Å². The highest BCUT2D eigenvalue weighted by Crippen LogP contribution is 2.25. The lowest BCUT2D eigenvalue weighted by Crippen LogP contribution is -2.56. The second kappa shape index (κ2) is 14.1. The summed E-state index contributed by atoms with van der Waals surface area (Å²) in [4.78, 5) is 58.7. The number of hydrogen-bond acceptors (Lipinski definition) is 6. The van der Waals surface area contributed by atoms with Crippen molar-refractivity contribution in [2.75, 3.05) is 39.0 Å². The Kier molecular flexibility index (Phi) is 10.6. The van der Waals surface area contributed by atoms with Crippen molar-refractivity contribution in [3.63, 3.8) is 0 Å². The van der Waals surface area contributed by atoms with Crippen LogP contribution in [0, 0.1) is 6.92 Å². The van der Waals surface area contributed by atoms with Crippen molar-refractivity contribution in [1.29, 1.82) is 0 Å². The van der Waals surface area contributed by atoms with Gasteiger partial charge in [-0.25, -0.2) is 0 Å². The zero-order valence-electron chi connectivity index (χ0n) is 24.6. The molecule has 0 bridgehead atoms. The van der Waals surface area contributed by atoms with Crippen LogP contribution in [-0.2, 0) is 32.1 Å². The predicted molar refractivity (Wildman–Crippen MR) is 163 cm³/mol. The highest BCUT2D eigenvalue weighted by molar-refractivity contribution is 6.31. The Morgan fingerprint density at radius 1 is 1.07 bits per heavy atom. The van der Waals surface area contributed by atoms with Crippen LogP contribution in [0.5, 0.6) is 0 Å². The van der Waals surface area contributed by atoms with E-state index in [1.807, 2.05) is 50.2 Å². The standard InChI is InChI=1S/C31H41ClN6O4/c1-20-16-23(8-9-25(20)32)34-30(41)26(12-14-33)35-31(42)27-17-21-6-4-5-7-22(21)18-38(27)29(40)11-10-28(39)37-15-13-24(19-37)36(2)3/h4-9,16,24,26-27H,10-15,17-19,33H2,1-3H3,(H,34,41)(H,35,42)/t24-,26-,27-/m0/s1. The van der Waals surface area contributed by atoms with Crippen LogP contribution in [0.2, 0.25) is 5.02 Å². The van der Waals surface area contributed by atoms with Gasteiger partial charge in [0, 0.05) is 55.6 Å². The minimum atomic E-state index is -0.894. The molecule has 0 radical (unpaired) electrons. The quantitative estimate of drug-likeness (QED) is 0.386. The van der Waals surface area contributed by atoms with Crippen LogP contribution in [0.25, 0.3) is 0 Å². The average molecular weight is 597 g/mol. The number of aryl methyl sites for hydroxylation is 1. The van der Waals surface area contributed by atoms with Crippen LogP contribution < -0.4 is 16.4 Å². The molecule has 226 valence electrons. The van der Waals surface area contributed by atoms with Crippen molar-refractivity contribution in [2.45, 2.75) is 63.7 Å². The molecule has 0 aliphatic carbocycles. The number of nitrogens with two attached hydrogens (primary N) is 1. The van der Waals surface area contributed by atoms with Crippen molar-refractivity contribution in [3.05, 3.63) is 64.2 Å². The van der Waals surface area contributed by atoms with Gasteiger partial charge in [-0.05, 0) is 75.3 Å². The summed E-state index contributed by atoms with van der Waals surface area (Å²) in [6.45, 7) is 3.61. The van der Waals surface area contributed by atoms with Crippen molar-refractivity contribution < 1.29 is 19.2 Å². The number of carbonyl (C=O) groups excluding carboxylic acids is 4. The minimum absolute atomic E-state index is 0.0105. The van der Waals surface area contributed by atoms with Gasteiger partial charge in [-0.3, -0.25) is 19.2 Å². The van der Waals surface area contributed by atoms with E-state index in [1.165, 1.54) is 4.90 Å². The topological polar surface area (TPSA) is 128 Å². The second-order valence-corrected chi connectivity index (χ2v) is 11.8. The van der Waals surface area contributed by atoms with E-state index in [-0.39, 0.29) is 44.2 Å². The number of amides is 4. The molecule has 4 rings (SSSR count). The first-order valence-electron chi connectivity index (χ1n) is 14.4. The summed E-state index contributed by atoms with van der Waals surface area (Å²) < 4.78 is 0. The predicted octanol–water partition coefficient (Wildman–Crippen LogP) is 2.32. The Bertz CT molecular complexity index is 1320. The molecule has 0 aromatic heterocycles. The molecule has 2 aromatic carbocycles. The lowest BCUT2D eigenvalue weighted by molar-refractivity contribution is -0.144. The largest absolute Gasteiger partial charge is 0.342 e. The highest BCUT2D eigenvalue weighted by Gasteiger charge is 2.36. The smallest absolute Gasteiger partial charge is 0.246 e. The van der Waals surface area contributed by atoms with Crippen molar-refractivity contribution in [3.8, 4) is 0 Å². The van der Waals surface area contributed by atoms with Crippen molar-refractivity contribution in [2.24, 2.45) is 5.73 Å². The molecule has 0 saturated carbocycles. The molecule has 11 heteroatoms. The van der Waals surface area contributed by atoms with Gasteiger partial charge in [0.1, 0.15) is 12.1 Å². The minimum Gasteiger partial charge on any atom is -0.342 e. The molecule has 1 fully saturated rings.